The summed E-state index contributed by atoms with van der Waals surface area (Å²) in [5.41, 5.74) is 4.61. The van der Waals surface area contributed by atoms with Gasteiger partial charge in [-0.25, -0.2) is 10.4 Å². The Morgan fingerprint density at radius 3 is 2.83 bits per heavy atom. The smallest absolute Gasteiger partial charge is 0.246 e. The van der Waals surface area contributed by atoms with Crippen molar-refractivity contribution in [3.63, 3.8) is 0 Å². The Hall–Kier alpha value is -1.90. The summed E-state index contributed by atoms with van der Waals surface area (Å²) < 4.78 is 12.3. The zero-order valence-electron chi connectivity index (χ0n) is 15.2. The highest BCUT2D eigenvalue weighted by Gasteiger charge is 2.30. The molecule has 1 aromatic carbocycles. The molecular weight excluding hydrogens is 439 g/mol. The summed E-state index contributed by atoms with van der Waals surface area (Å²) in [6.07, 6.45) is 1.12. The molecule has 2 unspecified atom stereocenters. The lowest BCUT2D eigenvalue weighted by atomic mass is 10.0. The van der Waals surface area contributed by atoms with Crippen molar-refractivity contribution in [2.45, 2.75) is 18.6 Å². The summed E-state index contributed by atoms with van der Waals surface area (Å²) in [4.78, 5) is 15.9. The quantitative estimate of drug-likeness (QED) is 0.737. The Kier molecular flexibility index (Phi) is 7.32. The van der Waals surface area contributed by atoms with Crippen LogP contribution in [0.1, 0.15) is 23.7 Å². The molecule has 4 rings (SSSR count). The molecule has 1 amide bonds. The summed E-state index contributed by atoms with van der Waals surface area (Å²) in [7, 11) is 0. The number of nitrogens with one attached hydrogen (secondary N) is 2. The van der Waals surface area contributed by atoms with Gasteiger partial charge in [0.15, 0.2) is 0 Å². The normalized spacial score (nSPS) is 21.6. The van der Waals surface area contributed by atoms with Crippen molar-refractivity contribution in [2.75, 3.05) is 19.7 Å². The first-order valence-corrected chi connectivity index (χ1v) is 9.62. The standard InChI is InChI=1S/C19H18Cl2N4O3.ClH/c20-13-4-3-11(8-14(13)21)18-16(10-22-6-7-27-18)28-19-12(2-1-5-23-19)15-9-17(26)25-24-15;/h1-5,8,16,18,22H,6-7,9-10H2,(H,25,26);1H. The van der Waals surface area contributed by atoms with E-state index < -0.39 is 0 Å². The van der Waals surface area contributed by atoms with E-state index in [1.54, 1.807) is 24.4 Å². The largest absolute Gasteiger partial charge is 0.469 e. The lowest BCUT2D eigenvalue weighted by Crippen LogP contribution is -2.35. The number of hydrogen-bond acceptors (Lipinski definition) is 6. The first kappa shape index (κ1) is 21.8. The topological polar surface area (TPSA) is 84.8 Å². The van der Waals surface area contributed by atoms with Crippen LogP contribution in [0.25, 0.3) is 0 Å². The van der Waals surface area contributed by atoms with E-state index in [2.05, 4.69) is 20.8 Å². The first-order chi connectivity index (χ1) is 13.6. The van der Waals surface area contributed by atoms with Gasteiger partial charge in [-0.3, -0.25) is 4.79 Å². The van der Waals surface area contributed by atoms with Gasteiger partial charge in [0, 0.05) is 19.3 Å². The number of hydrazone groups is 1. The molecule has 1 fully saturated rings. The molecular formula is C19H19Cl3N4O3. The fraction of sp³-hybridized carbons (Fsp3) is 0.316. The van der Waals surface area contributed by atoms with Crippen LogP contribution >= 0.6 is 35.6 Å². The van der Waals surface area contributed by atoms with Gasteiger partial charge in [0.1, 0.15) is 12.2 Å². The third-order valence-corrected chi connectivity index (χ3v) is 5.26. The Morgan fingerprint density at radius 1 is 1.21 bits per heavy atom. The molecule has 29 heavy (non-hydrogen) atoms. The number of carbonyl (C=O) groups excluding carboxylic acids is 1. The van der Waals surface area contributed by atoms with Crippen molar-refractivity contribution >= 4 is 47.2 Å². The zero-order chi connectivity index (χ0) is 19.5. The lowest BCUT2D eigenvalue weighted by molar-refractivity contribution is -0.119. The number of rotatable bonds is 4. The number of amides is 1. The van der Waals surface area contributed by atoms with Gasteiger partial charge in [-0.1, -0.05) is 29.3 Å². The number of carbonyl (C=O) groups is 1. The minimum atomic E-state index is -0.362. The van der Waals surface area contributed by atoms with E-state index in [9.17, 15) is 4.79 Å². The number of ether oxygens (including phenoxy) is 2. The number of aromatic nitrogens is 1. The van der Waals surface area contributed by atoms with Crippen molar-refractivity contribution in [3.8, 4) is 5.88 Å². The third kappa shape index (κ3) is 4.99. The van der Waals surface area contributed by atoms with Crippen molar-refractivity contribution in [3.05, 3.63) is 57.7 Å². The molecule has 0 bridgehead atoms. The van der Waals surface area contributed by atoms with E-state index in [0.29, 0.717) is 46.9 Å². The van der Waals surface area contributed by atoms with Crippen LogP contribution in [0, 0.1) is 0 Å². The van der Waals surface area contributed by atoms with Gasteiger partial charge in [-0.2, -0.15) is 5.10 Å². The number of nitrogens with zero attached hydrogens (tertiary/aromatic N) is 2. The molecule has 0 saturated carbocycles. The molecule has 7 nitrogen and oxygen atoms in total. The molecule has 1 aromatic heterocycles. The maximum atomic E-state index is 11.5. The van der Waals surface area contributed by atoms with Gasteiger partial charge in [-0.15, -0.1) is 12.4 Å². The van der Waals surface area contributed by atoms with Crippen LogP contribution in [0.15, 0.2) is 41.6 Å². The second kappa shape index (κ2) is 9.73. The molecule has 3 heterocycles. The summed E-state index contributed by atoms with van der Waals surface area (Å²) >= 11 is 12.2. The van der Waals surface area contributed by atoms with Gasteiger partial charge in [-0.05, 0) is 29.8 Å². The van der Waals surface area contributed by atoms with Crippen LogP contribution in [0.4, 0.5) is 0 Å². The van der Waals surface area contributed by atoms with Crippen molar-refractivity contribution in [1.82, 2.24) is 15.7 Å². The number of benzene rings is 1. The minimum absolute atomic E-state index is 0. The molecule has 2 aliphatic rings. The Labute approximate surface area is 184 Å². The van der Waals surface area contributed by atoms with Crippen LogP contribution in [0.3, 0.4) is 0 Å². The Balaban J connectivity index is 0.00000240. The summed E-state index contributed by atoms with van der Waals surface area (Å²) in [5, 5.41) is 8.33. The predicted molar refractivity (Wildman–Crippen MR) is 113 cm³/mol. The molecule has 0 aliphatic carbocycles. The molecule has 2 aliphatic heterocycles. The lowest BCUT2D eigenvalue weighted by Gasteiger charge is -2.26. The summed E-state index contributed by atoms with van der Waals surface area (Å²) in [6, 6.07) is 9.03. The fourth-order valence-corrected chi connectivity index (χ4v) is 3.49. The predicted octanol–water partition coefficient (Wildman–Crippen LogP) is 3.14. The fourth-order valence-electron chi connectivity index (χ4n) is 3.18. The SMILES string of the molecule is Cl.O=C1CC(c2cccnc2OC2CNCCOC2c2ccc(Cl)c(Cl)c2)=NN1. The van der Waals surface area contributed by atoms with E-state index in [1.807, 2.05) is 12.1 Å². The van der Waals surface area contributed by atoms with Crippen LogP contribution in [-0.2, 0) is 9.53 Å². The van der Waals surface area contributed by atoms with Gasteiger partial charge >= 0.3 is 0 Å². The highest BCUT2D eigenvalue weighted by molar-refractivity contribution is 6.42. The summed E-state index contributed by atoms with van der Waals surface area (Å²) in [6.45, 7) is 1.80. The molecule has 2 aromatic rings. The van der Waals surface area contributed by atoms with Gasteiger partial charge in [0.2, 0.25) is 11.8 Å². The monoisotopic (exact) mass is 456 g/mol. The molecule has 2 atom stereocenters. The average molecular weight is 458 g/mol. The maximum absolute atomic E-state index is 11.5. The molecule has 10 heteroatoms. The molecule has 1 saturated heterocycles. The van der Waals surface area contributed by atoms with Crippen molar-refractivity contribution < 1.29 is 14.3 Å². The maximum Gasteiger partial charge on any atom is 0.246 e. The number of halogens is 3. The first-order valence-electron chi connectivity index (χ1n) is 8.86. The van der Waals surface area contributed by atoms with E-state index in [0.717, 1.165) is 5.56 Å². The number of hydrogen-bond donors (Lipinski definition) is 2. The second-order valence-corrected chi connectivity index (χ2v) is 7.27. The Bertz CT molecular complexity index is 925. The van der Waals surface area contributed by atoms with Crippen LogP contribution < -0.4 is 15.5 Å². The molecule has 154 valence electrons. The van der Waals surface area contributed by atoms with Crippen molar-refractivity contribution in [1.29, 1.82) is 0 Å². The molecule has 0 radical (unpaired) electrons. The molecule has 2 N–H and O–H groups in total. The molecule has 0 spiro atoms. The van der Waals surface area contributed by atoms with Gasteiger partial charge in [0.05, 0.1) is 34.3 Å². The highest BCUT2D eigenvalue weighted by Crippen LogP contribution is 2.32. The minimum Gasteiger partial charge on any atom is -0.469 e. The van der Waals surface area contributed by atoms with Crippen LogP contribution in [0.2, 0.25) is 10.0 Å². The van der Waals surface area contributed by atoms with Crippen LogP contribution in [0.5, 0.6) is 5.88 Å². The van der Waals surface area contributed by atoms with Crippen molar-refractivity contribution in [2.24, 2.45) is 5.10 Å². The van der Waals surface area contributed by atoms with Crippen LogP contribution in [-0.4, -0.2) is 42.4 Å². The van der Waals surface area contributed by atoms with Gasteiger partial charge < -0.3 is 14.8 Å². The van der Waals surface area contributed by atoms with E-state index >= 15 is 0 Å². The second-order valence-electron chi connectivity index (χ2n) is 6.45. The highest BCUT2D eigenvalue weighted by atomic mass is 35.5. The zero-order valence-corrected chi connectivity index (χ0v) is 17.6. The van der Waals surface area contributed by atoms with Gasteiger partial charge in [0.25, 0.3) is 0 Å². The van der Waals surface area contributed by atoms with E-state index in [4.69, 9.17) is 32.7 Å². The third-order valence-electron chi connectivity index (χ3n) is 4.52. The number of pyridine rings is 1. The Morgan fingerprint density at radius 2 is 2.07 bits per heavy atom. The summed E-state index contributed by atoms with van der Waals surface area (Å²) in [5.74, 6) is 0.248. The van der Waals surface area contributed by atoms with E-state index in [-0.39, 0.29) is 36.9 Å². The van der Waals surface area contributed by atoms with E-state index in [1.165, 1.54) is 0 Å². The average Bonchev–Trinajstić information content (AvgIpc) is 2.99.